The number of hydrogen-bond acceptors (Lipinski definition) is 7. The van der Waals surface area contributed by atoms with Gasteiger partial charge in [0.25, 0.3) is 0 Å². The number of rotatable bonds is 12. The molecule has 2 amide bonds. The molecule has 0 aliphatic rings. The summed E-state index contributed by atoms with van der Waals surface area (Å²) in [5, 5.41) is 14.8. The van der Waals surface area contributed by atoms with E-state index in [1.807, 2.05) is 0 Å². The zero-order valence-electron chi connectivity index (χ0n) is 16.9. The molecule has 0 aliphatic heterocycles. The first-order valence-corrected chi connectivity index (χ1v) is 9.32. The van der Waals surface area contributed by atoms with Crippen LogP contribution in [0.15, 0.2) is 24.3 Å². The van der Waals surface area contributed by atoms with Crippen molar-refractivity contribution in [2.24, 2.45) is 0 Å². The first-order valence-electron chi connectivity index (χ1n) is 9.32. The van der Waals surface area contributed by atoms with Crippen molar-refractivity contribution in [3.05, 3.63) is 29.8 Å². The van der Waals surface area contributed by atoms with E-state index in [0.717, 1.165) is 0 Å². The molecule has 0 radical (unpaired) electrons. The first kappa shape index (κ1) is 24.1. The molecule has 9 heteroatoms. The minimum atomic E-state index is -1.45. The number of ether oxygens (including phenoxy) is 2. The second kappa shape index (κ2) is 11.8. The van der Waals surface area contributed by atoms with Crippen LogP contribution in [-0.2, 0) is 19.1 Å². The summed E-state index contributed by atoms with van der Waals surface area (Å²) in [5.41, 5.74) is -1.09. The highest BCUT2D eigenvalue weighted by Gasteiger charge is 2.24. The molecule has 0 unspecified atom stereocenters. The number of aliphatic hydroxyl groups is 1. The molecule has 29 heavy (non-hydrogen) atoms. The van der Waals surface area contributed by atoms with Crippen molar-refractivity contribution in [3.63, 3.8) is 0 Å². The first-order chi connectivity index (χ1) is 13.6. The van der Waals surface area contributed by atoms with Gasteiger partial charge >= 0.3 is 5.97 Å². The predicted octanol–water partition coefficient (Wildman–Crippen LogP) is 0.595. The molecule has 0 aliphatic carbocycles. The number of carbonyl (C=O) groups excluding carboxylic acids is 4. The number of ketones is 1. The third kappa shape index (κ3) is 9.70. The van der Waals surface area contributed by atoms with Crippen molar-refractivity contribution in [2.75, 3.05) is 26.3 Å². The normalized spacial score (nSPS) is 10.8. The zero-order chi connectivity index (χ0) is 21.9. The van der Waals surface area contributed by atoms with Crippen LogP contribution in [0.1, 0.15) is 44.0 Å². The second-order valence-electron chi connectivity index (χ2n) is 6.71. The summed E-state index contributed by atoms with van der Waals surface area (Å²) in [6.45, 7) is 5.12. The van der Waals surface area contributed by atoms with Crippen LogP contribution in [0.25, 0.3) is 0 Å². The molecule has 3 N–H and O–H groups in total. The highest BCUT2D eigenvalue weighted by molar-refractivity contribution is 6.01. The van der Waals surface area contributed by atoms with Gasteiger partial charge in [0.2, 0.25) is 11.8 Å². The molecule has 0 heterocycles. The molecule has 160 valence electrons. The lowest BCUT2D eigenvalue weighted by Gasteiger charge is -2.15. The largest absolute Gasteiger partial charge is 0.490 e. The molecule has 0 spiro atoms. The third-order valence-electron chi connectivity index (χ3n) is 3.68. The standard InChI is InChI=1S/C20H28N2O7/c1-4-16(23)21-9-10-22-17(24)13-18(25)29-12-11-28-15-7-5-14(6-8-15)19(26)20(2,3)27/h5-8,27H,4,9-13H2,1-3H3,(H,21,23)(H,22,24). The Hall–Kier alpha value is -2.94. The fourth-order valence-electron chi connectivity index (χ4n) is 2.14. The van der Waals surface area contributed by atoms with E-state index in [9.17, 15) is 24.3 Å². The Morgan fingerprint density at radius 1 is 0.966 bits per heavy atom. The van der Waals surface area contributed by atoms with E-state index in [0.29, 0.717) is 24.3 Å². The summed E-state index contributed by atoms with van der Waals surface area (Å²) >= 11 is 0. The van der Waals surface area contributed by atoms with E-state index in [1.54, 1.807) is 19.1 Å². The number of carbonyl (C=O) groups is 4. The molecule has 0 bridgehead atoms. The second-order valence-corrected chi connectivity index (χ2v) is 6.71. The van der Waals surface area contributed by atoms with Gasteiger partial charge in [0, 0.05) is 25.1 Å². The molecule has 0 saturated heterocycles. The Balaban J connectivity index is 2.22. The minimum Gasteiger partial charge on any atom is -0.490 e. The van der Waals surface area contributed by atoms with Gasteiger partial charge in [-0.2, -0.15) is 0 Å². The van der Waals surface area contributed by atoms with Gasteiger partial charge in [0.1, 0.15) is 31.0 Å². The fraction of sp³-hybridized carbons (Fsp3) is 0.500. The van der Waals surface area contributed by atoms with E-state index in [4.69, 9.17) is 9.47 Å². The van der Waals surface area contributed by atoms with E-state index >= 15 is 0 Å². The summed E-state index contributed by atoms with van der Waals surface area (Å²) in [6.07, 6.45) is -0.0546. The maximum absolute atomic E-state index is 11.9. The molecule has 0 aromatic heterocycles. The van der Waals surface area contributed by atoms with Gasteiger partial charge in [0.15, 0.2) is 5.78 Å². The monoisotopic (exact) mass is 408 g/mol. The van der Waals surface area contributed by atoms with Gasteiger partial charge in [-0.25, -0.2) is 0 Å². The summed E-state index contributed by atoms with van der Waals surface area (Å²) < 4.78 is 10.3. The minimum absolute atomic E-state index is 0.0387. The van der Waals surface area contributed by atoms with Gasteiger partial charge < -0.3 is 25.2 Å². The van der Waals surface area contributed by atoms with E-state index < -0.39 is 29.7 Å². The molecule has 0 fully saturated rings. The Morgan fingerprint density at radius 3 is 2.10 bits per heavy atom. The van der Waals surface area contributed by atoms with Crippen molar-refractivity contribution in [3.8, 4) is 5.75 Å². The molecule has 9 nitrogen and oxygen atoms in total. The topological polar surface area (TPSA) is 131 Å². The molecular formula is C20H28N2O7. The molecule has 0 atom stereocenters. The van der Waals surface area contributed by atoms with Crippen molar-refractivity contribution in [1.29, 1.82) is 0 Å². The van der Waals surface area contributed by atoms with Crippen molar-refractivity contribution >= 4 is 23.6 Å². The average molecular weight is 408 g/mol. The number of benzene rings is 1. The zero-order valence-corrected chi connectivity index (χ0v) is 16.9. The fourth-order valence-corrected chi connectivity index (χ4v) is 2.14. The van der Waals surface area contributed by atoms with Crippen LogP contribution in [-0.4, -0.2) is 60.6 Å². The number of hydrogen-bond donors (Lipinski definition) is 3. The third-order valence-corrected chi connectivity index (χ3v) is 3.68. The Kier molecular flexibility index (Phi) is 9.81. The van der Waals surface area contributed by atoms with Gasteiger partial charge in [-0.1, -0.05) is 6.92 Å². The number of Topliss-reactive ketones (excluding diaryl/α,β-unsaturated/α-hetero) is 1. The maximum Gasteiger partial charge on any atom is 0.315 e. The summed E-state index contributed by atoms with van der Waals surface area (Å²) in [7, 11) is 0. The van der Waals surface area contributed by atoms with Gasteiger partial charge in [-0.15, -0.1) is 0 Å². The lowest BCUT2D eigenvalue weighted by Crippen LogP contribution is -2.35. The van der Waals surface area contributed by atoms with Gasteiger partial charge in [0.05, 0.1) is 0 Å². The molecule has 1 aromatic rings. The van der Waals surface area contributed by atoms with Crippen molar-refractivity contribution < 1.29 is 33.8 Å². The number of nitrogens with one attached hydrogen (secondary N) is 2. The molecule has 1 rings (SSSR count). The molecule has 0 saturated carbocycles. The Bertz CT molecular complexity index is 709. The lowest BCUT2D eigenvalue weighted by atomic mass is 9.97. The Morgan fingerprint density at radius 2 is 1.55 bits per heavy atom. The lowest BCUT2D eigenvalue weighted by molar-refractivity contribution is -0.147. The van der Waals surface area contributed by atoms with Crippen LogP contribution in [0, 0.1) is 0 Å². The van der Waals surface area contributed by atoms with Crippen LogP contribution in [0.4, 0.5) is 0 Å². The predicted molar refractivity (Wildman–Crippen MR) is 104 cm³/mol. The summed E-state index contributed by atoms with van der Waals surface area (Å²) in [6, 6.07) is 6.22. The van der Waals surface area contributed by atoms with Crippen LogP contribution < -0.4 is 15.4 Å². The van der Waals surface area contributed by atoms with Crippen LogP contribution in [0.3, 0.4) is 0 Å². The van der Waals surface area contributed by atoms with E-state index in [1.165, 1.54) is 26.0 Å². The molecule has 1 aromatic carbocycles. The van der Waals surface area contributed by atoms with Gasteiger partial charge in [-0.05, 0) is 38.1 Å². The van der Waals surface area contributed by atoms with Gasteiger partial charge in [-0.3, -0.25) is 19.2 Å². The maximum atomic E-state index is 11.9. The number of esters is 1. The highest BCUT2D eigenvalue weighted by atomic mass is 16.6. The summed E-state index contributed by atoms with van der Waals surface area (Å²) in [4.78, 5) is 46.1. The smallest absolute Gasteiger partial charge is 0.315 e. The average Bonchev–Trinajstić information content (AvgIpc) is 2.67. The van der Waals surface area contributed by atoms with E-state index in [2.05, 4.69) is 10.6 Å². The quantitative estimate of drug-likeness (QED) is 0.200. The van der Waals surface area contributed by atoms with E-state index in [-0.39, 0.29) is 25.7 Å². The summed E-state index contributed by atoms with van der Waals surface area (Å²) in [5.74, 6) is -1.22. The van der Waals surface area contributed by atoms with Crippen molar-refractivity contribution in [2.45, 2.75) is 39.2 Å². The Labute approximate surface area is 169 Å². The van der Waals surface area contributed by atoms with Crippen LogP contribution >= 0.6 is 0 Å². The van der Waals surface area contributed by atoms with Crippen LogP contribution in [0.5, 0.6) is 5.75 Å². The molecular weight excluding hydrogens is 380 g/mol. The number of amides is 2. The van der Waals surface area contributed by atoms with Crippen LogP contribution in [0.2, 0.25) is 0 Å². The SMILES string of the molecule is CCC(=O)NCCNC(=O)CC(=O)OCCOc1ccc(C(=O)C(C)(C)O)cc1. The van der Waals surface area contributed by atoms with Crippen molar-refractivity contribution in [1.82, 2.24) is 10.6 Å². The highest BCUT2D eigenvalue weighted by Crippen LogP contribution is 2.17.